The summed E-state index contributed by atoms with van der Waals surface area (Å²) in [6.07, 6.45) is 2.98. The third-order valence-corrected chi connectivity index (χ3v) is 4.14. The number of halogens is 1. The molecule has 0 aromatic heterocycles. The Balaban J connectivity index is 2.00. The second-order valence-electron chi connectivity index (χ2n) is 5.56. The van der Waals surface area contributed by atoms with E-state index in [0.717, 1.165) is 32.4 Å². The molecule has 0 aliphatic carbocycles. The van der Waals surface area contributed by atoms with Gasteiger partial charge in [0.05, 0.1) is 6.04 Å². The Morgan fingerprint density at radius 1 is 1.45 bits per heavy atom. The van der Waals surface area contributed by atoms with Gasteiger partial charge in [0.1, 0.15) is 5.82 Å². The Bertz CT molecular complexity index is 444. The van der Waals surface area contributed by atoms with Crippen LogP contribution in [0.25, 0.3) is 0 Å². The summed E-state index contributed by atoms with van der Waals surface area (Å²) in [4.78, 5) is 14.6. The summed E-state index contributed by atoms with van der Waals surface area (Å²) in [6.45, 7) is 3.89. The highest BCUT2D eigenvalue weighted by atomic mass is 19.1. The van der Waals surface area contributed by atoms with E-state index in [4.69, 9.17) is 5.11 Å². The number of hydrogen-bond acceptors (Lipinski definition) is 3. The van der Waals surface area contributed by atoms with Crippen molar-refractivity contribution in [2.45, 2.75) is 32.2 Å². The van der Waals surface area contributed by atoms with Crippen LogP contribution in [-0.2, 0) is 0 Å². The van der Waals surface area contributed by atoms with Crippen LogP contribution in [-0.4, -0.2) is 41.5 Å². The van der Waals surface area contributed by atoms with E-state index in [-0.39, 0.29) is 24.2 Å². The van der Waals surface area contributed by atoms with E-state index in [1.54, 1.807) is 12.1 Å². The molecule has 110 valence electrons. The number of rotatable bonds is 5. The summed E-state index contributed by atoms with van der Waals surface area (Å²) < 4.78 is 12.9. The van der Waals surface area contributed by atoms with Gasteiger partial charge >= 0.3 is 0 Å². The molecule has 0 saturated carbocycles. The van der Waals surface area contributed by atoms with Gasteiger partial charge in [-0.3, -0.25) is 9.69 Å². The third kappa shape index (κ3) is 3.64. The summed E-state index contributed by atoms with van der Waals surface area (Å²) >= 11 is 0. The molecule has 1 aromatic carbocycles. The number of carbonyl (C=O) groups is 1. The van der Waals surface area contributed by atoms with E-state index in [9.17, 15) is 9.18 Å². The normalized spacial score (nSPS) is 21.6. The summed E-state index contributed by atoms with van der Waals surface area (Å²) in [5, 5.41) is 9.04. The number of likely N-dealkylation sites (tertiary alicyclic amines) is 1. The van der Waals surface area contributed by atoms with Crippen LogP contribution in [0.15, 0.2) is 24.3 Å². The molecule has 1 heterocycles. The van der Waals surface area contributed by atoms with Gasteiger partial charge in [0.25, 0.3) is 0 Å². The van der Waals surface area contributed by atoms with Gasteiger partial charge in [-0.1, -0.05) is 0 Å². The monoisotopic (exact) mass is 279 g/mol. The number of aliphatic hydroxyl groups excluding tert-OH is 1. The highest BCUT2D eigenvalue weighted by Crippen LogP contribution is 2.22. The van der Waals surface area contributed by atoms with Crippen LogP contribution in [0.3, 0.4) is 0 Å². The smallest absolute Gasteiger partial charge is 0.179 e. The number of benzene rings is 1. The second kappa shape index (κ2) is 6.95. The molecule has 0 radical (unpaired) electrons. The highest BCUT2D eigenvalue weighted by molar-refractivity contribution is 5.99. The Hall–Kier alpha value is -1.26. The Kier molecular flexibility index (Phi) is 5.26. The van der Waals surface area contributed by atoms with Gasteiger partial charge in [-0.15, -0.1) is 0 Å². The van der Waals surface area contributed by atoms with Gasteiger partial charge in [-0.2, -0.15) is 0 Å². The van der Waals surface area contributed by atoms with Crippen molar-refractivity contribution < 1.29 is 14.3 Å². The van der Waals surface area contributed by atoms with Gasteiger partial charge in [0, 0.05) is 18.7 Å². The molecular weight excluding hydrogens is 257 g/mol. The first-order chi connectivity index (χ1) is 9.61. The molecule has 0 amide bonds. The molecule has 0 bridgehead atoms. The van der Waals surface area contributed by atoms with Gasteiger partial charge in [0.2, 0.25) is 0 Å². The van der Waals surface area contributed by atoms with Crippen LogP contribution < -0.4 is 0 Å². The highest BCUT2D eigenvalue weighted by Gasteiger charge is 2.27. The maximum atomic E-state index is 12.9. The van der Waals surface area contributed by atoms with Gasteiger partial charge in [-0.25, -0.2) is 4.39 Å². The average molecular weight is 279 g/mol. The molecule has 1 aliphatic heterocycles. The lowest BCUT2D eigenvalue weighted by Gasteiger charge is -2.36. The number of piperidine rings is 1. The van der Waals surface area contributed by atoms with Crippen LogP contribution >= 0.6 is 0 Å². The van der Waals surface area contributed by atoms with E-state index < -0.39 is 0 Å². The maximum Gasteiger partial charge on any atom is 0.179 e. The van der Waals surface area contributed by atoms with E-state index in [2.05, 4.69) is 4.90 Å². The number of nitrogens with zero attached hydrogens (tertiary/aromatic N) is 1. The lowest BCUT2D eigenvalue weighted by atomic mass is 9.93. The minimum absolute atomic E-state index is 0.0367. The van der Waals surface area contributed by atoms with Crippen LogP contribution in [0.2, 0.25) is 0 Å². The van der Waals surface area contributed by atoms with Crippen LogP contribution in [0, 0.1) is 11.7 Å². The van der Waals surface area contributed by atoms with Crippen molar-refractivity contribution in [2.75, 3.05) is 19.7 Å². The molecule has 2 unspecified atom stereocenters. The number of ketones is 1. The van der Waals surface area contributed by atoms with Crippen LogP contribution in [0.4, 0.5) is 4.39 Å². The van der Waals surface area contributed by atoms with E-state index in [0.29, 0.717) is 11.5 Å². The molecule has 20 heavy (non-hydrogen) atoms. The maximum absolute atomic E-state index is 12.9. The Labute approximate surface area is 119 Å². The number of aliphatic hydroxyl groups is 1. The fourth-order valence-electron chi connectivity index (χ4n) is 2.89. The van der Waals surface area contributed by atoms with Crippen LogP contribution in [0.1, 0.15) is 36.5 Å². The Morgan fingerprint density at radius 3 is 2.80 bits per heavy atom. The summed E-state index contributed by atoms with van der Waals surface area (Å²) in [5.74, 6) is 0.182. The largest absolute Gasteiger partial charge is 0.396 e. The standard InChI is InChI=1S/C16H22FNO2/c1-12(16(20)14-4-6-15(17)7-5-14)18-9-2-3-13(11-18)8-10-19/h4-7,12-13,19H,2-3,8-11H2,1H3. The van der Waals surface area contributed by atoms with Crippen molar-refractivity contribution in [3.05, 3.63) is 35.6 Å². The molecule has 1 saturated heterocycles. The average Bonchev–Trinajstić information content (AvgIpc) is 2.47. The minimum Gasteiger partial charge on any atom is -0.396 e. The zero-order chi connectivity index (χ0) is 14.5. The predicted octanol–water partition coefficient (Wildman–Crippen LogP) is 2.49. The zero-order valence-corrected chi connectivity index (χ0v) is 11.9. The molecule has 2 rings (SSSR count). The molecule has 1 fully saturated rings. The van der Waals surface area contributed by atoms with Crippen molar-refractivity contribution in [3.8, 4) is 0 Å². The van der Waals surface area contributed by atoms with Gasteiger partial charge in [0.15, 0.2) is 5.78 Å². The summed E-state index contributed by atoms with van der Waals surface area (Å²) in [7, 11) is 0. The van der Waals surface area contributed by atoms with Crippen molar-refractivity contribution in [2.24, 2.45) is 5.92 Å². The summed E-state index contributed by atoms with van der Waals surface area (Å²) in [6, 6.07) is 5.55. The fraction of sp³-hybridized carbons (Fsp3) is 0.562. The lowest BCUT2D eigenvalue weighted by molar-refractivity contribution is 0.0728. The third-order valence-electron chi connectivity index (χ3n) is 4.14. The molecule has 4 heteroatoms. The molecule has 3 nitrogen and oxygen atoms in total. The number of carbonyl (C=O) groups excluding carboxylic acids is 1. The van der Waals surface area contributed by atoms with Crippen molar-refractivity contribution in [1.82, 2.24) is 4.90 Å². The SMILES string of the molecule is CC(C(=O)c1ccc(F)cc1)N1CCCC(CCO)C1. The number of hydrogen-bond donors (Lipinski definition) is 1. The lowest BCUT2D eigenvalue weighted by Crippen LogP contribution is -2.45. The molecule has 2 atom stereocenters. The van der Waals surface area contributed by atoms with Crippen LogP contribution in [0.5, 0.6) is 0 Å². The van der Waals surface area contributed by atoms with Crippen molar-refractivity contribution in [1.29, 1.82) is 0 Å². The zero-order valence-electron chi connectivity index (χ0n) is 11.9. The molecule has 0 spiro atoms. The first-order valence-electron chi connectivity index (χ1n) is 7.26. The number of Topliss-reactive ketones (excluding diaryl/α,β-unsaturated/α-hetero) is 1. The molecular formula is C16H22FNO2. The second-order valence-corrected chi connectivity index (χ2v) is 5.56. The quantitative estimate of drug-likeness (QED) is 0.842. The minimum atomic E-state index is -0.324. The van der Waals surface area contributed by atoms with Gasteiger partial charge < -0.3 is 5.11 Å². The molecule has 1 N–H and O–H groups in total. The topological polar surface area (TPSA) is 40.5 Å². The van der Waals surface area contributed by atoms with Gasteiger partial charge in [-0.05, 0) is 62.9 Å². The first-order valence-corrected chi connectivity index (χ1v) is 7.26. The molecule has 1 aliphatic rings. The fourth-order valence-corrected chi connectivity index (χ4v) is 2.89. The van der Waals surface area contributed by atoms with E-state index in [1.165, 1.54) is 12.1 Å². The van der Waals surface area contributed by atoms with Crippen molar-refractivity contribution >= 4 is 5.78 Å². The summed E-state index contributed by atoms with van der Waals surface area (Å²) in [5.41, 5.74) is 0.559. The first kappa shape index (κ1) is 15.1. The Morgan fingerprint density at radius 2 is 2.15 bits per heavy atom. The van der Waals surface area contributed by atoms with E-state index in [1.807, 2.05) is 6.92 Å². The van der Waals surface area contributed by atoms with E-state index >= 15 is 0 Å². The predicted molar refractivity (Wildman–Crippen MR) is 76.2 cm³/mol. The van der Waals surface area contributed by atoms with Crippen molar-refractivity contribution in [3.63, 3.8) is 0 Å². The molecule has 1 aromatic rings.